The number of aryl methyl sites for hydroxylation is 1. The zero-order valence-corrected chi connectivity index (χ0v) is 18.2. The standard InChI is InChI=1S/C23H17BrF3N3O/c1-14-10-16(15(2)30(14)21-8-6-19(24)7-9-21)11-17(13-28)22(31)29-20-5-3-4-18(12-20)23(25,26)27/h3-12H,1-2H3,(H,29,31). The van der Waals surface area contributed by atoms with Gasteiger partial charge in [-0.15, -0.1) is 0 Å². The molecule has 0 saturated carbocycles. The second kappa shape index (κ2) is 8.82. The number of carbonyl (C=O) groups is 1. The van der Waals surface area contributed by atoms with Crippen molar-refractivity contribution in [1.82, 2.24) is 4.57 Å². The van der Waals surface area contributed by atoms with Gasteiger partial charge in [-0.3, -0.25) is 4.79 Å². The fourth-order valence-electron chi connectivity index (χ4n) is 3.20. The molecule has 158 valence electrons. The van der Waals surface area contributed by atoms with Crippen molar-refractivity contribution in [2.45, 2.75) is 20.0 Å². The van der Waals surface area contributed by atoms with Crippen LogP contribution in [0, 0.1) is 25.2 Å². The molecule has 0 aliphatic rings. The van der Waals surface area contributed by atoms with Gasteiger partial charge in [-0.25, -0.2) is 0 Å². The average Bonchev–Trinajstić information content (AvgIpc) is 2.99. The summed E-state index contributed by atoms with van der Waals surface area (Å²) >= 11 is 3.40. The van der Waals surface area contributed by atoms with E-state index < -0.39 is 17.6 Å². The van der Waals surface area contributed by atoms with E-state index in [-0.39, 0.29) is 11.3 Å². The van der Waals surface area contributed by atoms with Crippen molar-refractivity contribution < 1.29 is 18.0 Å². The number of benzene rings is 2. The number of amides is 1. The molecule has 0 radical (unpaired) electrons. The molecule has 3 rings (SSSR count). The highest BCUT2D eigenvalue weighted by Gasteiger charge is 2.30. The Morgan fingerprint density at radius 1 is 1.13 bits per heavy atom. The third-order valence-corrected chi connectivity index (χ3v) is 5.20. The van der Waals surface area contributed by atoms with Crippen LogP contribution in [0.3, 0.4) is 0 Å². The fraction of sp³-hybridized carbons (Fsp3) is 0.130. The lowest BCUT2D eigenvalue weighted by molar-refractivity contribution is -0.137. The van der Waals surface area contributed by atoms with Crippen molar-refractivity contribution in [3.63, 3.8) is 0 Å². The predicted octanol–water partition coefficient (Wildman–Crippen LogP) is 6.42. The van der Waals surface area contributed by atoms with E-state index in [9.17, 15) is 23.2 Å². The van der Waals surface area contributed by atoms with Crippen LogP contribution in [0.4, 0.5) is 18.9 Å². The molecule has 0 aliphatic heterocycles. The maximum Gasteiger partial charge on any atom is 0.416 e. The van der Waals surface area contributed by atoms with Crippen molar-refractivity contribution >= 4 is 33.6 Å². The van der Waals surface area contributed by atoms with E-state index in [1.807, 2.05) is 54.8 Å². The first-order chi connectivity index (χ1) is 14.6. The largest absolute Gasteiger partial charge is 0.416 e. The lowest BCUT2D eigenvalue weighted by Crippen LogP contribution is -2.14. The highest BCUT2D eigenvalue weighted by Crippen LogP contribution is 2.31. The molecule has 0 bridgehead atoms. The molecular formula is C23H17BrF3N3O. The van der Waals surface area contributed by atoms with Crippen LogP contribution in [0.2, 0.25) is 0 Å². The molecule has 3 aromatic rings. The van der Waals surface area contributed by atoms with Gasteiger partial charge in [0.1, 0.15) is 11.6 Å². The van der Waals surface area contributed by atoms with Crippen molar-refractivity contribution in [1.29, 1.82) is 5.26 Å². The van der Waals surface area contributed by atoms with Gasteiger partial charge in [-0.05, 0) is 74.0 Å². The molecule has 4 nitrogen and oxygen atoms in total. The van der Waals surface area contributed by atoms with Gasteiger partial charge in [0.05, 0.1) is 5.56 Å². The third-order valence-electron chi connectivity index (χ3n) is 4.67. The summed E-state index contributed by atoms with van der Waals surface area (Å²) < 4.78 is 41.6. The number of carbonyl (C=O) groups excluding carboxylic acids is 1. The van der Waals surface area contributed by atoms with Crippen molar-refractivity contribution in [3.05, 3.63) is 87.2 Å². The van der Waals surface area contributed by atoms with Crippen LogP contribution in [0.5, 0.6) is 0 Å². The van der Waals surface area contributed by atoms with E-state index in [4.69, 9.17) is 0 Å². The van der Waals surface area contributed by atoms with Crippen LogP contribution in [0.15, 0.2) is 64.6 Å². The number of anilines is 1. The van der Waals surface area contributed by atoms with E-state index in [2.05, 4.69) is 21.2 Å². The van der Waals surface area contributed by atoms with Gasteiger partial charge in [0, 0.05) is 27.2 Å². The molecule has 31 heavy (non-hydrogen) atoms. The average molecular weight is 488 g/mol. The van der Waals surface area contributed by atoms with Gasteiger partial charge in [-0.1, -0.05) is 22.0 Å². The van der Waals surface area contributed by atoms with Gasteiger partial charge in [0.15, 0.2) is 0 Å². The van der Waals surface area contributed by atoms with E-state index >= 15 is 0 Å². The molecule has 0 fully saturated rings. The second-order valence-corrected chi connectivity index (χ2v) is 7.76. The Morgan fingerprint density at radius 3 is 2.42 bits per heavy atom. The SMILES string of the molecule is Cc1cc(C=C(C#N)C(=O)Nc2cccc(C(F)(F)F)c2)c(C)n1-c1ccc(Br)cc1. The highest BCUT2D eigenvalue weighted by atomic mass is 79.9. The van der Waals surface area contributed by atoms with Crippen molar-refractivity contribution in [3.8, 4) is 11.8 Å². The van der Waals surface area contributed by atoms with Gasteiger partial charge in [0.2, 0.25) is 0 Å². The second-order valence-electron chi connectivity index (χ2n) is 6.84. The summed E-state index contributed by atoms with van der Waals surface area (Å²) in [7, 11) is 0. The Kier molecular flexibility index (Phi) is 6.37. The van der Waals surface area contributed by atoms with Crippen LogP contribution in [0.1, 0.15) is 22.5 Å². The zero-order chi connectivity index (χ0) is 22.8. The maximum atomic E-state index is 12.9. The zero-order valence-electron chi connectivity index (χ0n) is 16.6. The molecule has 0 aliphatic carbocycles. The molecule has 0 spiro atoms. The van der Waals surface area contributed by atoms with Crippen LogP contribution >= 0.6 is 15.9 Å². The number of hydrogen-bond acceptors (Lipinski definition) is 2. The number of hydrogen-bond donors (Lipinski definition) is 1. The molecule has 8 heteroatoms. The Morgan fingerprint density at radius 2 is 1.81 bits per heavy atom. The minimum absolute atomic E-state index is 0.0405. The Balaban J connectivity index is 1.90. The minimum atomic E-state index is -4.53. The smallest absolute Gasteiger partial charge is 0.321 e. The van der Waals surface area contributed by atoms with Crippen LogP contribution in [-0.2, 0) is 11.0 Å². The summed E-state index contributed by atoms with van der Waals surface area (Å²) in [5.41, 5.74) is 2.17. The summed E-state index contributed by atoms with van der Waals surface area (Å²) in [4.78, 5) is 12.5. The van der Waals surface area contributed by atoms with Crippen LogP contribution < -0.4 is 5.32 Å². The van der Waals surface area contributed by atoms with Crippen LogP contribution in [0.25, 0.3) is 11.8 Å². The quantitative estimate of drug-likeness (QED) is 0.340. The molecule has 0 atom stereocenters. The number of nitrogens with zero attached hydrogens (tertiary/aromatic N) is 2. The molecule has 0 unspecified atom stereocenters. The Labute approximate surface area is 185 Å². The van der Waals surface area contributed by atoms with Crippen molar-refractivity contribution in [2.75, 3.05) is 5.32 Å². The summed E-state index contributed by atoms with van der Waals surface area (Å²) in [5, 5.41) is 11.8. The van der Waals surface area contributed by atoms with Gasteiger partial charge < -0.3 is 9.88 Å². The Hall–Kier alpha value is -3.31. The molecule has 0 saturated heterocycles. The molecule has 1 amide bonds. The minimum Gasteiger partial charge on any atom is -0.321 e. The summed E-state index contributed by atoms with van der Waals surface area (Å²) in [6.07, 6.45) is -3.10. The van der Waals surface area contributed by atoms with E-state index in [1.165, 1.54) is 18.2 Å². The van der Waals surface area contributed by atoms with Crippen molar-refractivity contribution in [2.24, 2.45) is 0 Å². The number of alkyl halides is 3. The first kappa shape index (κ1) is 22.4. The topological polar surface area (TPSA) is 57.8 Å². The summed E-state index contributed by atoms with van der Waals surface area (Å²) in [6, 6.07) is 15.6. The lowest BCUT2D eigenvalue weighted by atomic mass is 10.1. The molecule has 2 aromatic carbocycles. The summed E-state index contributed by atoms with van der Waals surface area (Å²) in [6.45, 7) is 3.77. The molecular weight excluding hydrogens is 471 g/mol. The van der Waals surface area contributed by atoms with E-state index in [0.717, 1.165) is 33.7 Å². The number of halogens is 4. The highest BCUT2D eigenvalue weighted by molar-refractivity contribution is 9.10. The normalized spacial score (nSPS) is 11.8. The summed E-state index contributed by atoms with van der Waals surface area (Å²) in [5.74, 6) is -0.782. The molecule has 1 N–H and O–H groups in total. The van der Waals surface area contributed by atoms with Crippen LogP contribution in [-0.4, -0.2) is 10.5 Å². The number of nitriles is 1. The first-order valence-electron chi connectivity index (χ1n) is 9.15. The number of rotatable bonds is 4. The predicted molar refractivity (Wildman–Crippen MR) is 117 cm³/mol. The number of nitrogens with one attached hydrogen (secondary N) is 1. The Bertz CT molecular complexity index is 1200. The van der Waals surface area contributed by atoms with Gasteiger partial charge in [-0.2, -0.15) is 18.4 Å². The monoisotopic (exact) mass is 487 g/mol. The van der Waals surface area contributed by atoms with E-state index in [0.29, 0.717) is 5.56 Å². The fourth-order valence-corrected chi connectivity index (χ4v) is 3.46. The van der Waals surface area contributed by atoms with Gasteiger partial charge >= 0.3 is 6.18 Å². The maximum absolute atomic E-state index is 12.9. The first-order valence-corrected chi connectivity index (χ1v) is 9.94. The lowest BCUT2D eigenvalue weighted by Gasteiger charge is -2.10. The van der Waals surface area contributed by atoms with E-state index in [1.54, 1.807) is 0 Å². The number of aromatic nitrogens is 1. The van der Waals surface area contributed by atoms with Gasteiger partial charge in [0.25, 0.3) is 5.91 Å². The molecule has 1 aromatic heterocycles. The third kappa shape index (κ3) is 5.06. The molecule has 1 heterocycles.